The number of carbonyl (C=O) groups is 1. The molecule has 0 bridgehead atoms. The third-order valence-corrected chi connectivity index (χ3v) is 4.87. The van der Waals surface area contributed by atoms with E-state index >= 15 is 0 Å². The van der Waals surface area contributed by atoms with Gasteiger partial charge in [-0.1, -0.05) is 13.3 Å². The molecule has 1 amide bonds. The number of amides is 1. The van der Waals surface area contributed by atoms with Crippen LogP contribution in [0.25, 0.3) is 10.2 Å². The van der Waals surface area contributed by atoms with Crippen LogP contribution in [0.1, 0.15) is 47.8 Å². The van der Waals surface area contributed by atoms with E-state index in [1.807, 2.05) is 6.92 Å². The summed E-state index contributed by atoms with van der Waals surface area (Å²) in [7, 11) is 0. The lowest BCUT2D eigenvalue weighted by Gasteiger charge is -2.05. The summed E-state index contributed by atoms with van der Waals surface area (Å²) in [6.45, 7) is 4.82. The predicted octanol–water partition coefficient (Wildman–Crippen LogP) is 3.10. The number of nitrogens with one attached hydrogen (secondary N) is 2. The number of aryl methyl sites for hydroxylation is 1. The smallest absolute Gasteiger partial charge is 0.261 e. The molecule has 0 aliphatic heterocycles. The molecule has 3 rings (SSSR count). The minimum atomic E-state index is 0.00122. The molecule has 112 valence electrons. The molecule has 2 aromatic heterocycles. The third-order valence-electron chi connectivity index (χ3n) is 3.67. The van der Waals surface area contributed by atoms with Crippen LogP contribution in [0.4, 0.5) is 5.82 Å². The second-order valence-electron chi connectivity index (χ2n) is 5.49. The summed E-state index contributed by atoms with van der Waals surface area (Å²) in [6, 6.07) is 0.532. The summed E-state index contributed by atoms with van der Waals surface area (Å²) in [4.78, 5) is 22.6. The standard InChI is InChI=1S/C15H20N4OS/c1-3-4-7-16-14(20)12-9(2)11-13(19-10-5-6-10)17-8-18-15(11)21-12/h8,10H,3-7H2,1-2H3,(H,16,20)(H,17,18,19). The normalized spacial score (nSPS) is 14.4. The molecule has 0 aromatic carbocycles. The molecule has 6 heteroatoms. The van der Waals surface area contributed by atoms with Crippen LogP contribution < -0.4 is 10.6 Å². The van der Waals surface area contributed by atoms with Crippen molar-refractivity contribution >= 4 is 33.3 Å². The molecule has 2 aromatic rings. The maximum absolute atomic E-state index is 12.3. The zero-order chi connectivity index (χ0) is 14.8. The summed E-state index contributed by atoms with van der Waals surface area (Å²) < 4.78 is 0. The Balaban J connectivity index is 1.89. The molecular formula is C15H20N4OS. The average molecular weight is 304 g/mol. The van der Waals surface area contributed by atoms with Crippen LogP contribution in [0, 0.1) is 6.92 Å². The van der Waals surface area contributed by atoms with Gasteiger partial charge in [0.25, 0.3) is 5.91 Å². The van der Waals surface area contributed by atoms with Gasteiger partial charge in [0.1, 0.15) is 17.0 Å². The molecule has 2 N–H and O–H groups in total. The van der Waals surface area contributed by atoms with Crippen molar-refractivity contribution in [2.45, 2.75) is 45.6 Å². The largest absolute Gasteiger partial charge is 0.367 e. The molecule has 0 spiro atoms. The lowest BCUT2D eigenvalue weighted by molar-refractivity contribution is 0.0957. The van der Waals surface area contributed by atoms with Gasteiger partial charge in [0, 0.05) is 12.6 Å². The number of rotatable bonds is 6. The Morgan fingerprint density at radius 3 is 2.95 bits per heavy atom. The fraction of sp³-hybridized carbons (Fsp3) is 0.533. The van der Waals surface area contributed by atoms with Crippen molar-refractivity contribution in [3.05, 3.63) is 16.8 Å². The van der Waals surface area contributed by atoms with Gasteiger partial charge in [0.05, 0.1) is 10.3 Å². The highest BCUT2D eigenvalue weighted by atomic mass is 32.1. The summed E-state index contributed by atoms with van der Waals surface area (Å²) in [5.41, 5.74) is 0.979. The Hall–Kier alpha value is -1.69. The zero-order valence-corrected chi connectivity index (χ0v) is 13.2. The van der Waals surface area contributed by atoms with Gasteiger partial charge in [-0.3, -0.25) is 4.79 Å². The maximum Gasteiger partial charge on any atom is 0.261 e. The van der Waals surface area contributed by atoms with E-state index in [0.29, 0.717) is 6.04 Å². The van der Waals surface area contributed by atoms with Crippen LogP contribution in [-0.2, 0) is 0 Å². The highest BCUT2D eigenvalue weighted by molar-refractivity contribution is 7.20. The van der Waals surface area contributed by atoms with Gasteiger partial charge in [-0.25, -0.2) is 9.97 Å². The first kappa shape index (κ1) is 14.3. The minimum Gasteiger partial charge on any atom is -0.367 e. The van der Waals surface area contributed by atoms with Gasteiger partial charge in [-0.05, 0) is 31.7 Å². The molecule has 2 heterocycles. The molecule has 0 atom stereocenters. The molecule has 1 fully saturated rings. The van der Waals surface area contributed by atoms with Crippen molar-refractivity contribution in [1.29, 1.82) is 0 Å². The van der Waals surface area contributed by atoms with Crippen molar-refractivity contribution in [1.82, 2.24) is 15.3 Å². The summed E-state index contributed by atoms with van der Waals surface area (Å²) in [5.74, 6) is 0.866. The Labute approximate surface area is 128 Å². The SMILES string of the molecule is CCCCNC(=O)c1sc2ncnc(NC3CC3)c2c1C. The summed E-state index contributed by atoms with van der Waals surface area (Å²) in [6.07, 6.45) is 6.04. The van der Waals surface area contributed by atoms with Gasteiger partial charge in [0.15, 0.2) is 0 Å². The lowest BCUT2D eigenvalue weighted by Crippen LogP contribution is -2.24. The van der Waals surface area contributed by atoms with Gasteiger partial charge >= 0.3 is 0 Å². The van der Waals surface area contributed by atoms with Crippen molar-refractivity contribution in [3.63, 3.8) is 0 Å². The highest BCUT2D eigenvalue weighted by Gasteiger charge is 2.24. The number of carbonyl (C=O) groups excluding carboxylic acids is 1. The zero-order valence-electron chi connectivity index (χ0n) is 12.4. The van der Waals surface area contributed by atoms with Crippen LogP contribution in [0.5, 0.6) is 0 Å². The molecule has 5 nitrogen and oxygen atoms in total. The molecule has 1 saturated carbocycles. The fourth-order valence-corrected chi connectivity index (χ4v) is 3.34. The Morgan fingerprint density at radius 1 is 1.43 bits per heavy atom. The second-order valence-corrected chi connectivity index (χ2v) is 6.49. The van der Waals surface area contributed by atoms with E-state index in [4.69, 9.17) is 0 Å². The van der Waals surface area contributed by atoms with Gasteiger partial charge in [0.2, 0.25) is 0 Å². The van der Waals surface area contributed by atoms with Gasteiger partial charge in [-0.2, -0.15) is 0 Å². The number of anilines is 1. The van der Waals surface area contributed by atoms with E-state index in [0.717, 1.165) is 45.9 Å². The van der Waals surface area contributed by atoms with Crippen LogP contribution in [0.15, 0.2) is 6.33 Å². The van der Waals surface area contributed by atoms with E-state index in [-0.39, 0.29) is 5.91 Å². The number of unbranched alkanes of at least 4 members (excludes halogenated alkanes) is 1. The van der Waals surface area contributed by atoms with Crippen LogP contribution in [-0.4, -0.2) is 28.5 Å². The quantitative estimate of drug-likeness (QED) is 0.805. The van der Waals surface area contributed by atoms with Gasteiger partial charge in [-0.15, -0.1) is 11.3 Å². The van der Waals surface area contributed by atoms with E-state index in [9.17, 15) is 4.79 Å². The fourth-order valence-electron chi connectivity index (χ4n) is 2.28. The van der Waals surface area contributed by atoms with Crippen molar-refractivity contribution < 1.29 is 4.79 Å². The number of nitrogens with zero attached hydrogens (tertiary/aromatic N) is 2. The number of hydrogen-bond acceptors (Lipinski definition) is 5. The van der Waals surface area contributed by atoms with Crippen LogP contribution in [0.2, 0.25) is 0 Å². The van der Waals surface area contributed by atoms with E-state index in [1.165, 1.54) is 24.2 Å². The molecule has 0 unspecified atom stereocenters. The molecule has 1 aliphatic rings. The summed E-state index contributed by atoms with van der Waals surface area (Å²) in [5, 5.41) is 7.40. The Kier molecular flexibility index (Phi) is 4.05. The first-order valence-corrected chi connectivity index (χ1v) is 8.31. The van der Waals surface area contributed by atoms with Crippen LogP contribution >= 0.6 is 11.3 Å². The minimum absolute atomic E-state index is 0.00122. The van der Waals surface area contributed by atoms with Crippen LogP contribution in [0.3, 0.4) is 0 Å². The van der Waals surface area contributed by atoms with E-state index in [2.05, 4.69) is 27.5 Å². The first-order valence-electron chi connectivity index (χ1n) is 7.49. The van der Waals surface area contributed by atoms with Crippen molar-refractivity contribution in [2.75, 3.05) is 11.9 Å². The molecule has 1 aliphatic carbocycles. The third kappa shape index (κ3) is 3.00. The second kappa shape index (κ2) is 5.97. The highest BCUT2D eigenvalue weighted by Crippen LogP contribution is 2.35. The Bertz CT molecular complexity index is 663. The van der Waals surface area contributed by atoms with Gasteiger partial charge < -0.3 is 10.6 Å². The topological polar surface area (TPSA) is 66.9 Å². The predicted molar refractivity (Wildman–Crippen MR) is 86.0 cm³/mol. The van der Waals surface area contributed by atoms with Crippen molar-refractivity contribution in [3.8, 4) is 0 Å². The van der Waals surface area contributed by atoms with E-state index < -0.39 is 0 Å². The molecular weight excluding hydrogens is 284 g/mol. The average Bonchev–Trinajstić information content (AvgIpc) is 3.22. The molecule has 21 heavy (non-hydrogen) atoms. The number of aromatic nitrogens is 2. The van der Waals surface area contributed by atoms with Crippen molar-refractivity contribution in [2.24, 2.45) is 0 Å². The molecule has 0 radical (unpaired) electrons. The lowest BCUT2D eigenvalue weighted by atomic mass is 10.2. The maximum atomic E-state index is 12.3. The summed E-state index contributed by atoms with van der Waals surface area (Å²) >= 11 is 1.45. The first-order chi connectivity index (χ1) is 10.2. The van der Waals surface area contributed by atoms with E-state index in [1.54, 1.807) is 6.33 Å². The number of fused-ring (bicyclic) bond motifs is 1. The molecule has 0 saturated heterocycles. The monoisotopic (exact) mass is 304 g/mol. The Morgan fingerprint density at radius 2 is 2.24 bits per heavy atom. The number of hydrogen-bond donors (Lipinski definition) is 2. The number of thiophene rings is 1.